The number of nitrogens with zero attached hydrogens (tertiary/aromatic N) is 1. The number of benzene rings is 1. The molecule has 24 heavy (non-hydrogen) atoms. The molecule has 1 unspecified atom stereocenters. The lowest BCUT2D eigenvalue weighted by atomic mass is 9.67. The molecule has 3 aliphatic rings. The van der Waals surface area contributed by atoms with Crippen molar-refractivity contribution in [2.45, 2.75) is 57.2 Å². The SMILES string of the molecule is Cc1ccccc1C1(O)CCN(CC2CC3(CCC3)C(=O)O2)CC1. The molecular weight excluding hydrogens is 302 g/mol. The van der Waals surface area contributed by atoms with Gasteiger partial charge in [-0.15, -0.1) is 0 Å². The summed E-state index contributed by atoms with van der Waals surface area (Å²) in [6.45, 7) is 4.59. The second-order valence-corrected chi connectivity index (χ2v) is 8.01. The number of rotatable bonds is 3. The summed E-state index contributed by atoms with van der Waals surface area (Å²) in [6.07, 6.45) is 5.60. The van der Waals surface area contributed by atoms with Gasteiger partial charge in [-0.25, -0.2) is 0 Å². The standard InChI is InChI=1S/C20H27NO3/c1-15-5-2-3-6-17(15)20(23)9-11-21(12-10-20)14-16-13-19(7-4-8-19)18(22)24-16/h2-3,5-6,16,23H,4,7-14H2,1H3. The van der Waals surface area contributed by atoms with Gasteiger partial charge in [0.25, 0.3) is 0 Å². The minimum Gasteiger partial charge on any atom is -0.461 e. The third-order valence-corrected chi connectivity index (χ3v) is 6.43. The van der Waals surface area contributed by atoms with Crippen molar-refractivity contribution in [3.05, 3.63) is 35.4 Å². The van der Waals surface area contributed by atoms with Gasteiger partial charge in [0, 0.05) is 26.1 Å². The van der Waals surface area contributed by atoms with Crippen LogP contribution in [0.3, 0.4) is 0 Å². The van der Waals surface area contributed by atoms with Crippen LogP contribution in [0.15, 0.2) is 24.3 Å². The fraction of sp³-hybridized carbons (Fsp3) is 0.650. The molecule has 2 saturated heterocycles. The topological polar surface area (TPSA) is 49.8 Å². The molecule has 1 aromatic rings. The first kappa shape index (κ1) is 16.1. The summed E-state index contributed by atoms with van der Waals surface area (Å²) in [6, 6.07) is 8.13. The Balaban J connectivity index is 1.35. The molecule has 4 rings (SSSR count). The Morgan fingerprint density at radius 1 is 1.21 bits per heavy atom. The highest BCUT2D eigenvalue weighted by Crippen LogP contribution is 2.50. The van der Waals surface area contributed by atoms with E-state index in [9.17, 15) is 9.90 Å². The summed E-state index contributed by atoms with van der Waals surface area (Å²) in [5, 5.41) is 11.1. The van der Waals surface area contributed by atoms with E-state index >= 15 is 0 Å². The number of piperidine rings is 1. The normalized spacial score (nSPS) is 28.6. The van der Waals surface area contributed by atoms with E-state index in [1.165, 1.54) is 0 Å². The number of aryl methyl sites for hydroxylation is 1. The maximum absolute atomic E-state index is 12.1. The molecule has 0 bridgehead atoms. The number of esters is 1. The van der Waals surface area contributed by atoms with Crippen LogP contribution in [0.4, 0.5) is 0 Å². The van der Waals surface area contributed by atoms with Crippen molar-refractivity contribution in [1.29, 1.82) is 0 Å². The van der Waals surface area contributed by atoms with Crippen molar-refractivity contribution in [3.8, 4) is 0 Å². The Morgan fingerprint density at radius 3 is 2.50 bits per heavy atom. The van der Waals surface area contributed by atoms with Crippen LogP contribution in [0.5, 0.6) is 0 Å². The number of hydrogen-bond donors (Lipinski definition) is 1. The number of carbonyl (C=O) groups is 1. The fourth-order valence-electron chi connectivity index (χ4n) is 4.71. The molecule has 1 spiro atoms. The zero-order valence-electron chi connectivity index (χ0n) is 14.5. The Hall–Kier alpha value is -1.39. The maximum atomic E-state index is 12.1. The van der Waals surface area contributed by atoms with Crippen molar-refractivity contribution in [3.63, 3.8) is 0 Å². The predicted molar refractivity (Wildman–Crippen MR) is 91.5 cm³/mol. The van der Waals surface area contributed by atoms with Gasteiger partial charge >= 0.3 is 5.97 Å². The van der Waals surface area contributed by atoms with Gasteiger partial charge in [0.15, 0.2) is 0 Å². The zero-order chi connectivity index (χ0) is 16.8. The molecule has 4 heteroatoms. The molecule has 1 atom stereocenters. The predicted octanol–water partition coefficient (Wildman–Crippen LogP) is 2.76. The van der Waals surface area contributed by atoms with Crippen LogP contribution in [-0.2, 0) is 15.1 Å². The maximum Gasteiger partial charge on any atom is 0.312 e. The summed E-state index contributed by atoms with van der Waals surface area (Å²) in [4.78, 5) is 14.4. The molecule has 1 saturated carbocycles. The third-order valence-electron chi connectivity index (χ3n) is 6.43. The van der Waals surface area contributed by atoms with Gasteiger partial charge in [0.1, 0.15) is 6.10 Å². The van der Waals surface area contributed by atoms with E-state index in [0.29, 0.717) is 0 Å². The first-order chi connectivity index (χ1) is 11.5. The lowest BCUT2D eigenvalue weighted by Crippen LogP contribution is -2.45. The smallest absolute Gasteiger partial charge is 0.312 e. The number of likely N-dealkylation sites (tertiary alicyclic amines) is 1. The zero-order valence-corrected chi connectivity index (χ0v) is 14.5. The molecule has 2 heterocycles. The quantitative estimate of drug-likeness (QED) is 0.867. The summed E-state index contributed by atoms with van der Waals surface area (Å²) < 4.78 is 5.63. The van der Waals surface area contributed by atoms with Crippen molar-refractivity contribution < 1.29 is 14.6 Å². The van der Waals surface area contributed by atoms with Crippen LogP contribution in [0.2, 0.25) is 0 Å². The first-order valence-corrected chi connectivity index (χ1v) is 9.23. The van der Waals surface area contributed by atoms with Crippen molar-refractivity contribution >= 4 is 5.97 Å². The molecule has 1 aliphatic carbocycles. The minimum atomic E-state index is -0.719. The van der Waals surface area contributed by atoms with Crippen molar-refractivity contribution in [2.75, 3.05) is 19.6 Å². The number of ether oxygens (including phenoxy) is 1. The van der Waals surface area contributed by atoms with E-state index in [-0.39, 0.29) is 17.5 Å². The van der Waals surface area contributed by atoms with Gasteiger partial charge in [0.2, 0.25) is 0 Å². The number of hydrogen-bond acceptors (Lipinski definition) is 4. The van der Waals surface area contributed by atoms with Gasteiger partial charge in [0.05, 0.1) is 11.0 Å². The number of aliphatic hydroxyl groups is 1. The largest absolute Gasteiger partial charge is 0.461 e. The van der Waals surface area contributed by atoms with Gasteiger partial charge in [-0.2, -0.15) is 0 Å². The van der Waals surface area contributed by atoms with E-state index < -0.39 is 5.60 Å². The van der Waals surface area contributed by atoms with Crippen LogP contribution < -0.4 is 0 Å². The Bertz CT molecular complexity index is 630. The highest BCUT2D eigenvalue weighted by molar-refractivity contribution is 5.80. The summed E-state index contributed by atoms with van der Waals surface area (Å²) in [7, 11) is 0. The van der Waals surface area contributed by atoms with Crippen LogP contribution in [0.1, 0.15) is 49.7 Å². The lowest BCUT2D eigenvalue weighted by molar-refractivity contribution is -0.152. The highest BCUT2D eigenvalue weighted by Gasteiger charge is 2.53. The summed E-state index contributed by atoms with van der Waals surface area (Å²) in [5.74, 6) is 0.0344. The second-order valence-electron chi connectivity index (χ2n) is 8.01. The van der Waals surface area contributed by atoms with E-state index in [1.807, 2.05) is 18.2 Å². The summed E-state index contributed by atoms with van der Waals surface area (Å²) >= 11 is 0. The third kappa shape index (κ3) is 2.66. The molecule has 0 amide bonds. The molecule has 0 radical (unpaired) electrons. The van der Waals surface area contributed by atoms with Crippen LogP contribution >= 0.6 is 0 Å². The second kappa shape index (κ2) is 5.85. The monoisotopic (exact) mass is 329 g/mol. The lowest BCUT2D eigenvalue weighted by Gasteiger charge is -2.40. The number of cyclic esters (lactones) is 1. The average Bonchev–Trinajstić information content (AvgIpc) is 2.87. The van der Waals surface area contributed by atoms with Crippen LogP contribution in [-0.4, -0.2) is 41.7 Å². The van der Waals surface area contributed by atoms with E-state index in [1.54, 1.807) is 0 Å². The minimum absolute atomic E-state index is 0.0344. The molecule has 2 aliphatic heterocycles. The van der Waals surface area contributed by atoms with Crippen molar-refractivity contribution in [1.82, 2.24) is 4.90 Å². The van der Waals surface area contributed by atoms with Crippen LogP contribution in [0, 0.1) is 12.3 Å². The van der Waals surface area contributed by atoms with Gasteiger partial charge in [-0.3, -0.25) is 9.69 Å². The first-order valence-electron chi connectivity index (χ1n) is 9.23. The number of carbonyl (C=O) groups excluding carboxylic acids is 1. The van der Waals surface area contributed by atoms with Gasteiger partial charge in [-0.05, 0) is 43.7 Å². The van der Waals surface area contributed by atoms with Gasteiger partial charge < -0.3 is 9.84 Å². The van der Waals surface area contributed by atoms with E-state index in [2.05, 4.69) is 17.9 Å². The van der Waals surface area contributed by atoms with Crippen molar-refractivity contribution in [2.24, 2.45) is 5.41 Å². The molecule has 4 nitrogen and oxygen atoms in total. The molecular formula is C20H27NO3. The van der Waals surface area contributed by atoms with E-state index in [0.717, 1.165) is 69.3 Å². The molecule has 0 aromatic heterocycles. The molecule has 130 valence electrons. The van der Waals surface area contributed by atoms with Crippen LogP contribution in [0.25, 0.3) is 0 Å². The van der Waals surface area contributed by atoms with Gasteiger partial charge in [-0.1, -0.05) is 30.7 Å². The Morgan fingerprint density at radius 2 is 1.92 bits per heavy atom. The molecule has 1 N–H and O–H groups in total. The Labute approximate surface area is 143 Å². The summed E-state index contributed by atoms with van der Waals surface area (Å²) in [5.41, 5.74) is 1.36. The fourth-order valence-corrected chi connectivity index (χ4v) is 4.71. The Kier molecular flexibility index (Phi) is 3.92. The average molecular weight is 329 g/mol. The highest BCUT2D eigenvalue weighted by atomic mass is 16.6. The molecule has 3 fully saturated rings. The molecule has 1 aromatic carbocycles. The van der Waals surface area contributed by atoms with E-state index in [4.69, 9.17) is 4.74 Å².